The highest BCUT2D eigenvalue weighted by Gasteiger charge is 2.01. The van der Waals surface area contributed by atoms with Crippen LogP contribution < -0.4 is 0 Å². The summed E-state index contributed by atoms with van der Waals surface area (Å²) in [4.78, 5) is 10.5. The fourth-order valence-electron chi connectivity index (χ4n) is 1.04. The van der Waals surface area contributed by atoms with Gasteiger partial charge in [0.2, 0.25) is 0 Å². The van der Waals surface area contributed by atoms with Crippen LogP contribution in [0.25, 0.3) is 0 Å². The van der Waals surface area contributed by atoms with Gasteiger partial charge in [0.05, 0.1) is 6.61 Å². The Bertz CT molecular complexity index is 252. The van der Waals surface area contributed by atoms with E-state index >= 15 is 0 Å². The number of ether oxygens (including phenoxy) is 1. The van der Waals surface area contributed by atoms with E-state index in [1.165, 1.54) is 13.0 Å². The fourth-order valence-corrected chi connectivity index (χ4v) is 1.04. The number of aliphatic carboxylic acids is 1. The molecule has 86 valence electrons. The van der Waals surface area contributed by atoms with Gasteiger partial charge in [-0.2, -0.15) is 0 Å². The lowest BCUT2D eigenvalue weighted by Gasteiger charge is -2.07. The Labute approximate surface area is 91.4 Å². The highest BCUT2D eigenvalue weighted by atomic mass is 16.5. The minimum Gasteiger partial charge on any atom is -0.494 e. The molecule has 0 aliphatic carbocycles. The van der Waals surface area contributed by atoms with Crippen molar-refractivity contribution in [1.82, 2.24) is 0 Å². The molecular weight excluding hydrogens is 192 g/mol. The van der Waals surface area contributed by atoms with Gasteiger partial charge in [0.1, 0.15) is 5.76 Å². The van der Waals surface area contributed by atoms with Gasteiger partial charge in [-0.3, -0.25) is 0 Å². The maximum atomic E-state index is 10.5. The van der Waals surface area contributed by atoms with Gasteiger partial charge in [-0.1, -0.05) is 20.4 Å². The molecule has 0 aliphatic heterocycles. The van der Waals surface area contributed by atoms with Crippen molar-refractivity contribution in [1.29, 1.82) is 0 Å². The summed E-state index contributed by atoms with van der Waals surface area (Å²) in [6.07, 6.45) is 3.52. The Morgan fingerprint density at radius 1 is 1.53 bits per heavy atom. The third kappa shape index (κ3) is 7.79. The maximum Gasteiger partial charge on any atom is 0.331 e. The Hall–Kier alpha value is -1.25. The van der Waals surface area contributed by atoms with Crippen molar-refractivity contribution in [3.8, 4) is 0 Å². The summed E-state index contributed by atoms with van der Waals surface area (Å²) in [5.74, 6) is 0.138. The largest absolute Gasteiger partial charge is 0.494 e. The molecule has 0 fully saturated rings. The highest BCUT2D eigenvalue weighted by molar-refractivity contribution is 5.86. The van der Waals surface area contributed by atoms with Gasteiger partial charge < -0.3 is 9.84 Å². The minimum absolute atomic E-state index is 0.240. The van der Waals surface area contributed by atoms with Crippen LogP contribution >= 0.6 is 0 Å². The number of hydrogen-bond acceptors (Lipinski definition) is 2. The van der Waals surface area contributed by atoms with Crippen LogP contribution in [0.15, 0.2) is 24.0 Å². The van der Waals surface area contributed by atoms with E-state index < -0.39 is 5.97 Å². The first-order valence-electron chi connectivity index (χ1n) is 5.16. The van der Waals surface area contributed by atoms with Crippen LogP contribution in [-0.2, 0) is 9.53 Å². The molecule has 3 nitrogen and oxygen atoms in total. The van der Waals surface area contributed by atoms with E-state index in [0.717, 1.165) is 12.8 Å². The van der Waals surface area contributed by atoms with E-state index in [2.05, 4.69) is 20.4 Å². The summed E-state index contributed by atoms with van der Waals surface area (Å²) in [6, 6.07) is 0. The molecule has 0 heterocycles. The molecule has 0 amide bonds. The van der Waals surface area contributed by atoms with Gasteiger partial charge in [-0.05, 0) is 31.8 Å². The van der Waals surface area contributed by atoms with Crippen LogP contribution in [0.1, 0.15) is 33.6 Å². The van der Waals surface area contributed by atoms with Crippen molar-refractivity contribution in [3.63, 3.8) is 0 Å². The fraction of sp³-hybridized carbons (Fsp3) is 0.583. The Morgan fingerprint density at radius 2 is 2.13 bits per heavy atom. The quantitative estimate of drug-likeness (QED) is 0.305. The zero-order valence-corrected chi connectivity index (χ0v) is 9.75. The SMILES string of the molecule is C=C(C=C(C)C(=O)O)OCCCC(C)C. The molecule has 0 rings (SSSR count). The average molecular weight is 212 g/mol. The van der Waals surface area contributed by atoms with Crippen molar-refractivity contribution >= 4 is 5.97 Å². The molecule has 0 saturated heterocycles. The molecule has 0 bridgehead atoms. The normalized spacial score (nSPS) is 11.6. The first-order valence-corrected chi connectivity index (χ1v) is 5.16. The summed E-state index contributed by atoms with van der Waals surface area (Å²) < 4.78 is 5.28. The lowest BCUT2D eigenvalue weighted by atomic mass is 10.1. The number of carboxylic acids is 1. The molecule has 0 aromatic carbocycles. The van der Waals surface area contributed by atoms with E-state index in [4.69, 9.17) is 9.84 Å². The smallest absolute Gasteiger partial charge is 0.331 e. The van der Waals surface area contributed by atoms with Crippen LogP contribution in [0.2, 0.25) is 0 Å². The highest BCUT2D eigenvalue weighted by Crippen LogP contribution is 2.07. The van der Waals surface area contributed by atoms with Gasteiger partial charge in [-0.25, -0.2) is 4.79 Å². The number of rotatable bonds is 7. The zero-order chi connectivity index (χ0) is 11.8. The third-order valence-corrected chi connectivity index (χ3v) is 1.93. The van der Waals surface area contributed by atoms with E-state index in [1.807, 2.05) is 0 Å². The lowest BCUT2D eigenvalue weighted by molar-refractivity contribution is -0.132. The number of carboxylic acid groups (broad SMARTS) is 1. The molecule has 0 aromatic heterocycles. The van der Waals surface area contributed by atoms with E-state index in [-0.39, 0.29) is 5.57 Å². The molecule has 0 radical (unpaired) electrons. The van der Waals surface area contributed by atoms with Gasteiger partial charge in [0.25, 0.3) is 0 Å². The van der Waals surface area contributed by atoms with Crippen molar-refractivity contribution in [2.75, 3.05) is 6.61 Å². The molecule has 0 aliphatic rings. The van der Waals surface area contributed by atoms with Crippen molar-refractivity contribution in [3.05, 3.63) is 24.0 Å². The Kier molecular flexibility index (Phi) is 6.50. The van der Waals surface area contributed by atoms with Gasteiger partial charge in [-0.15, -0.1) is 0 Å². The van der Waals surface area contributed by atoms with Gasteiger partial charge in [0.15, 0.2) is 0 Å². The summed E-state index contributed by atoms with van der Waals surface area (Å²) in [6.45, 7) is 10.1. The summed E-state index contributed by atoms with van der Waals surface area (Å²) in [5.41, 5.74) is 0.240. The van der Waals surface area contributed by atoms with Crippen LogP contribution in [0.3, 0.4) is 0 Å². The standard InChI is InChI=1S/C12H20O3/c1-9(2)6-5-7-15-11(4)8-10(3)12(13)14/h8-9H,4-7H2,1-3H3,(H,13,14). The van der Waals surface area contributed by atoms with Crippen molar-refractivity contribution in [2.24, 2.45) is 5.92 Å². The first-order chi connectivity index (χ1) is 6.93. The lowest BCUT2D eigenvalue weighted by Crippen LogP contribution is -1.99. The zero-order valence-electron chi connectivity index (χ0n) is 9.75. The molecule has 0 atom stereocenters. The molecule has 0 spiro atoms. The molecule has 1 N–H and O–H groups in total. The van der Waals surface area contributed by atoms with Crippen molar-refractivity contribution in [2.45, 2.75) is 33.6 Å². The van der Waals surface area contributed by atoms with E-state index in [0.29, 0.717) is 18.3 Å². The molecule has 0 saturated carbocycles. The van der Waals surface area contributed by atoms with Gasteiger partial charge in [0, 0.05) is 5.57 Å². The molecule has 0 unspecified atom stereocenters. The van der Waals surface area contributed by atoms with Crippen LogP contribution in [-0.4, -0.2) is 17.7 Å². The second-order valence-electron chi connectivity index (χ2n) is 3.98. The number of carbonyl (C=O) groups is 1. The maximum absolute atomic E-state index is 10.5. The predicted molar refractivity (Wildman–Crippen MR) is 60.6 cm³/mol. The van der Waals surface area contributed by atoms with Crippen LogP contribution in [0.4, 0.5) is 0 Å². The van der Waals surface area contributed by atoms with Crippen molar-refractivity contribution < 1.29 is 14.6 Å². The number of allylic oxidation sites excluding steroid dienone is 1. The van der Waals surface area contributed by atoms with Crippen LogP contribution in [0.5, 0.6) is 0 Å². The molecule has 0 aromatic rings. The second-order valence-corrected chi connectivity index (χ2v) is 3.98. The molecule has 3 heteroatoms. The minimum atomic E-state index is -0.943. The Balaban J connectivity index is 3.76. The Morgan fingerprint density at radius 3 is 2.60 bits per heavy atom. The first kappa shape index (κ1) is 13.8. The monoisotopic (exact) mass is 212 g/mol. The predicted octanol–water partition coefficient (Wildman–Crippen LogP) is 2.98. The average Bonchev–Trinajstić information content (AvgIpc) is 2.12. The van der Waals surface area contributed by atoms with E-state index in [1.54, 1.807) is 0 Å². The molecule has 15 heavy (non-hydrogen) atoms. The third-order valence-electron chi connectivity index (χ3n) is 1.93. The van der Waals surface area contributed by atoms with Crippen LogP contribution in [0, 0.1) is 5.92 Å². The summed E-state index contributed by atoms with van der Waals surface area (Å²) in [7, 11) is 0. The molecular formula is C12H20O3. The number of hydrogen-bond donors (Lipinski definition) is 1. The van der Waals surface area contributed by atoms with E-state index in [9.17, 15) is 4.79 Å². The van der Waals surface area contributed by atoms with Gasteiger partial charge >= 0.3 is 5.97 Å². The summed E-state index contributed by atoms with van der Waals surface area (Å²) >= 11 is 0. The second kappa shape index (κ2) is 7.10. The summed E-state index contributed by atoms with van der Waals surface area (Å²) in [5, 5.41) is 8.61. The topological polar surface area (TPSA) is 46.5 Å².